The van der Waals surface area contributed by atoms with Gasteiger partial charge in [-0.25, -0.2) is 15.0 Å². The fourth-order valence-corrected chi connectivity index (χ4v) is 3.21. The minimum Gasteiger partial charge on any atom is -0.388 e. The van der Waals surface area contributed by atoms with Crippen LogP contribution in [0.2, 0.25) is 5.02 Å². The van der Waals surface area contributed by atoms with Gasteiger partial charge in [-0.05, 0) is 17.7 Å². The average molecular weight is 376 g/mol. The fourth-order valence-electron chi connectivity index (χ4n) is 3.00. The van der Waals surface area contributed by atoms with Crippen LogP contribution < -0.4 is 5.32 Å². The lowest BCUT2D eigenvalue weighted by Gasteiger charge is -2.15. The highest BCUT2D eigenvalue weighted by atomic mass is 35.5. The molecule has 0 saturated carbocycles. The summed E-state index contributed by atoms with van der Waals surface area (Å²) in [5, 5.41) is 23.5. The van der Waals surface area contributed by atoms with E-state index in [9.17, 15) is 10.2 Å². The molecule has 1 fully saturated rings. The first kappa shape index (κ1) is 17.2. The van der Waals surface area contributed by atoms with Gasteiger partial charge in [-0.3, -0.25) is 0 Å². The van der Waals surface area contributed by atoms with Crippen molar-refractivity contribution in [1.82, 2.24) is 19.5 Å². The molecule has 0 spiro atoms. The van der Waals surface area contributed by atoms with Crippen LogP contribution in [0.5, 0.6) is 0 Å². The minimum absolute atomic E-state index is 0.125. The summed E-state index contributed by atoms with van der Waals surface area (Å²) < 4.78 is 7.21. The van der Waals surface area contributed by atoms with Crippen LogP contribution in [0, 0.1) is 0 Å². The summed E-state index contributed by atoms with van der Waals surface area (Å²) >= 11 is 6.01. The second-order valence-electron chi connectivity index (χ2n) is 6.20. The number of benzene rings is 1. The molecular weight excluding hydrogens is 358 g/mol. The first-order valence-corrected chi connectivity index (χ1v) is 8.61. The molecule has 1 aromatic carbocycles. The molecule has 3 heterocycles. The highest BCUT2D eigenvalue weighted by molar-refractivity contribution is 6.30. The van der Waals surface area contributed by atoms with E-state index in [2.05, 4.69) is 20.3 Å². The van der Waals surface area contributed by atoms with E-state index in [-0.39, 0.29) is 6.61 Å². The molecule has 3 aromatic rings. The number of ether oxygens (including phenoxy) is 1. The van der Waals surface area contributed by atoms with Crippen LogP contribution in [0.25, 0.3) is 11.2 Å². The van der Waals surface area contributed by atoms with E-state index in [1.807, 2.05) is 24.3 Å². The molecule has 2 aromatic heterocycles. The highest BCUT2D eigenvalue weighted by Crippen LogP contribution is 2.22. The van der Waals surface area contributed by atoms with Gasteiger partial charge in [-0.1, -0.05) is 23.7 Å². The van der Waals surface area contributed by atoms with E-state index in [1.165, 1.54) is 6.33 Å². The number of rotatable bonds is 5. The molecule has 0 amide bonds. The lowest BCUT2D eigenvalue weighted by atomic mass is 10.1. The fraction of sp³-hybridized carbons (Fsp3) is 0.353. The predicted molar refractivity (Wildman–Crippen MR) is 95.9 cm³/mol. The van der Waals surface area contributed by atoms with Gasteiger partial charge in [0.25, 0.3) is 0 Å². The third-order valence-electron chi connectivity index (χ3n) is 4.38. The Morgan fingerprint density at radius 3 is 2.92 bits per heavy atom. The summed E-state index contributed by atoms with van der Waals surface area (Å²) in [5.74, 6) is 0.613. The molecule has 9 heteroatoms. The predicted octanol–water partition coefficient (Wildman–Crippen LogP) is 1.21. The molecule has 136 valence electrons. The van der Waals surface area contributed by atoms with Crippen molar-refractivity contribution >= 4 is 28.6 Å². The average Bonchev–Trinajstić information content (AvgIpc) is 3.19. The van der Waals surface area contributed by atoms with Crippen molar-refractivity contribution in [3.63, 3.8) is 0 Å². The van der Waals surface area contributed by atoms with E-state index in [4.69, 9.17) is 16.3 Å². The second kappa shape index (κ2) is 7.16. The number of anilines is 1. The Bertz CT molecular complexity index is 918. The van der Waals surface area contributed by atoms with E-state index >= 15 is 0 Å². The number of nitrogens with one attached hydrogen (secondary N) is 1. The maximum atomic E-state index is 9.95. The largest absolute Gasteiger partial charge is 0.388 e. The van der Waals surface area contributed by atoms with Gasteiger partial charge in [-0.2, -0.15) is 0 Å². The Hall–Kier alpha value is -2.26. The van der Waals surface area contributed by atoms with Gasteiger partial charge < -0.3 is 24.8 Å². The van der Waals surface area contributed by atoms with Crippen molar-refractivity contribution in [2.24, 2.45) is 0 Å². The Morgan fingerprint density at radius 1 is 1.27 bits per heavy atom. The molecular formula is C17H18ClN5O3. The number of hydrogen-bond donors (Lipinski definition) is 3. The number of nitrogens with zero attached hydrogens (tertiary/aromatic N) is 4. The van der Waals surface area contributed by atoms with E-state index in [1.54, 1.807) is 10.9 Å². The van der Waals surface area contributed by atoms with Crippen LogP contribution in [0.1, 0.15) is 5.56 Å². The van der Waals surface area contributed by atoms with Crippen molar-refractivity contribution in [3.05, 3.63) is 47.5 Å². The number of fused-ring (bicyclic) bond motifs is 1. The zero-order valence-electron chi connectivity index (χ0n) is 13.8. The normalized spacial score (nSPS) is 22.8. The number of aromatic nitrogens is 4. The highest BCUT2D eigenvalue weighted by Gasteiger charge is 2.35. The lowest BCUT2D eigenvalue weighted by Crippen LogP contribution is -2.32. The maximum Gasteiger partial charge on any atom is 0.165 e. The van der Waals surface area contributed by atoms with Gasteiger partial charge in [0.1, 0.15) is 30.2 Å². The van der Waals surface area contributed by atoms with Gasteiger partial charge in [0, 0.05) is 11.6 Å². The molecule has 3 N–H and O–H groups in total. The quantitative estimate of drug-likeness (QED) is 0.615. The first-order chi connectivity index (χ1) is 12.6. The van der Waals surface area contributed by atoms with Crippen molar-refractivity contribution in [1.29, 1.82) is 0 Å². The Kier molecular flexibility index (Phi) is 4.73. The van der Waals surface area contributed by atoms with E-state index < -0.39 is 18.3 Å². The molecule has 0 unspecified atom stereocenters. The van der Waals surface area contributed by atoms with Gasteiger partial charge in [0.15, 0.2) is 11.5 Å². The third kappa shape index (κ3) is 3.36. The van der Waals surface area contributed by atoms with Gasteiger partial charge in [0.05, 0.1) is 19.5 Å². The lowest BCUT2D eigenvalue weighted by molar-refractivity contribution is 0.0157. The monoisotopic (exact) mass is 375 g/mol. The number of halogens is 1. The maximum absolute atomic E-state index is 9.95. The van der Waals surface area contributed by atoms with Crippen LogP contribution in [0.3, 0.4) is 0 Å². The molecule has 8 nitrogen and oxygen atoms in total. The minimum atomic E-state index is -0.922. The summed E-state index contributed by atoms with van der Waals surface area (Å²) in [6.07, 6.45) is 0.807. The topological polar surface area (TPSA) is 105 Å². The van der Waals surface area contributed by atoms with Gasteiger partial charge >= 0.3 is 0 Å². The van der Waals surface area contributed by atoms with Gasteiger partial charge in [-0.15, -0.1) is 0 Å². The molecule has 0 aliphatic carbocycles. The first-order valence-electron chi connectivity index (χ1n) is 8.23. The van der Waals surface area contributed by atoms with Crippen molar-refractivity contribution < 1.29 is 14.9 Å². The molecule has 3 atom stereocenters. The molecule has 0 bridgehead atoms. The van der Waals surface area contributed by atoms with Crippen LogP contribution >= 0.6 is 11.6 Å². The van der Waals surface area contributed by atoms with Crippen LogP contribution in [0.15, 0.2) is 36.9 Å². The van der Waals surface area contributed by atoms with Crippen LogP contribution in [0.4, 0.5) is 5.82 Å². The zero-order chi connectivity index (χ0) is 18.1. The third-order valence-corrected chi connectivity index (χ3v) is 4.62. The number of aliphatic hydroxyl groups excluding tert-OH is 2. The summed E-state index contributed by atoms with van der Waals surface area (Å²) in [5.41, 5.74) is 2.29. The number of hydrogen-bond acceptors (Lipinski definition) is 7. The SMILES string of the molecule is O[C@@H]1[C@H](O)CO[C@H]1Cn1cnc2c(NCc3cccc(Cl)c3)ncnc21. The van der Waals surface area contributed by atoms with Crippen molar-refractivity contribution in [2.45, 2.75) is 31.4 Å². The summed E-state index contributed by atoms with van der Waals surface area (Å²) in [6.45, 7) is 1.02. The Labute approximate surface area is 154 Å². The Balaban J connectivity index is 1.53. The molecule has 26 heavy (non-hydrogen) atoms. The van der Waals surface area contributed by atoms with Crippen molar-refractivity contribution in [2.75, 3.05) is 11.9 Å². The van der Waals surface area contributed by atoms with Gasteiger partial charge in [0.2, 0.25) is 0 Å². The standard InChI is InChI=1S/C17H18ClN5O3/c18-11-3-1-2-10(4-11)5-19-16-14-17(21-8-20-16)23(9-22-14)6-13-15(25)12(24)7-26-13/h1-4,8-9,12-13,15,24-25H,5-7H2,(H,19,20,21)/t12-,13+,15-/m1/s1. The molecule has 1 saturated heterocycles. The molecule has 4 rings (SSSR count). The molecule has 0 radical (unpaired) electrons. The van der Waals surface area contributed by atoms with Crippen LogP contribution in [-0.4, -0.2) is 54.7 Å². The summed E-state index contributed by atoms with van der Waals surface area (Å²) in [6, 6.07) is 7.58. The molecule has 1 aliphatic rings. The van der Waals surface area contributed by atoms with Crippen LogP contribution in [-0.2, 0) is 17.8 Å². The zero-order valence-corrected chi connectivity index (χ0v) is 14.5. The number of aliphatic hydroxyl groups is 2. The van der Waals surface area contributed by atoms with E-state index in [0.717, 1.165) is 5.56 Å². The Morgan fingerprint density at radius 2 is 2.15 bits per heavy atom. The smallest absolute Gasteiger partial charge is 0.165 e. The summed E-state index contributed by atoms with van der Waals surface area (Å²) in [4.78, 5) is 12.9. The molecule has 1 aliphatic heterocycles. The number of imidazole rings is 1. The summed E-state index contributed by atoms with van der Waals surface area (Å²) in [7, 11) is 0. The second-order valence-corrected chi connectivity index (χ2v) is 6.64. The van der Waals surface area contributed by atoms with E-state index in [0.29, 0.717) is 35.1 Å². The van der Waals surface area contributed by atoms with Crippen molar-refractivity contribution in [3.8, 4) is 0 Å².